The minimum Gasteiger partial charge on any atom is -0.370 e. The van der Waals surface area contributed by atoms with Gasteiger partial charge in [-0.25, -0.2) is 26.8 Å². The molecule has 1 aliphatic heterocycles. The van der Waals surface area contributed by atoms with Crippen LogP contribution >= 0.6 is 0 Å². The summed E-state index contributed by atoms with van der Waals surface area (Å²) >= 11 is 0. The van der Waals surface area contributed by atoms with E-state index in [0.717, 1.165) is 37.8 Å². The minimum absolute atomic E-state index is 0.0886. The number of benzene rings is 2. The molecule has 3 aromatic rings. The van der Waals surface area contributed by atoms with E-state index in [9.17, 15) is 16.8 Å². The largest absolute Gasteiger partial charge is 0.370 e. The Morgan fingerprint density at radius 1 is 0.758 bits per heavy atom. The maximum absolute atomic E-state index is 13.3. The van der Waals surface area contributed by atoms with Gasteiger partial charge in [0.25, 0.3) is 0 Å². The molecule has 9 heteroatoms. The standard InChI is InChI=1S/C24H25N3O4S2/c28-32(29,21-10-4-1-5-11-21)24(33(30,31)22-12-6-2-7-13-22)19-26-23-15-14-20(18-25-23)27-16-8-3-9-17-27/h1-2,4-7,10-15,18-19,24H,3,8-9,16-17H2. The molecular formula is C24H25N3O4S2. The molecule has 172 valence electrons. The van der Waals surface area contributed by atoms with Crippen molar-refractivity contribution in [3.8, 4) is 0 Å². The Morgan fingerprint density at radius 3 is 1.79 bits per heavy atom. The van der Waals surface area contributed by atoms with Crippen LogP contribution in [0.4, 0.5) is 11.5 Å². The lowest BCUT2D eigenvalue weighted by atomic mass is 10.1. The van der Waals surface area contributed by atoms with Gasteiger partial charge in [0.15, 0.2) is 5.82 Å². The molecule has 0 atom stereocenters. The van der Waals surface area contributed by atoms with Crippen LogP contribution in [0.25, 0.3) is 0 Å². The highest BCUT2D eigenvalue weighted by Crippen LogP contribution is 2.26. The molecule has 2 aromatic carbocycles. The summed E-state index contributed by atoms with van der Waals surface area (Å²) in [4.78, 5) is 10.5. The van der Waals surface area contributed by atoms with Crippen molar-refractivity contribution in [2.45, 2.75) is 33.6 Å². The van der Waals surface area contributed by atoms with Gasteiger partial charge in [-0.3, -0.25) is 0 Å². The van der Waals surface area contributed by atoms with Gasteiger partial charge in [-0.05, 0) is 55.7 Å². The second-order valence-electron chi connectivity index (χ2n) is 7.78. The van der Waals surface area contributed by atoms with E-state index in [2.05, 4.69) is 14.9 Å². The van der Waals surface area contributed by atoms with Crippen molar-refractivity contribution in [1.29, 1.82) is 0 Å². The van der Waals surface area contributed by atoms with Crippen molar-refractivity contribution < 1.29 is 16.8 Å². The Morgan fingerprint density at radius 2 is 1.30 bits per heavy atom. The number of piperidine rings is 1. The van der Waals surface area contributed by atoms with Crippen molar-refractivity contribution >= 4 is 37.4 Å². The summed E-state index contributed by atoms with van der Waals surface area (Å²) in [6.07, 6.45) is 6.14. The summed E-state index contributed by atoms with van der Waals surface area (Å²) in [7, 11) is -8.55. The van der Waals surface area contributed by atoms with Crippen LogP contribution in [0.2, 0.25) is 0 Å². The molecule has 0 amide bonds. The number of anilines is 1. The van der Waals surface area contributed by atoms with Gasteiger partial charge in [0.2, 0.25) is 24.3 Å². The smallest absolute Gasteiger partial charge is 0.206 e. The van der Waals surface area contributed by atoms with Gasteiger partial charge in [-0.2, -0.15) is 0 Å². The fraction of sp³-hybridized carbons (Fsp3) is 0.250. The minimum atomic E-state index is -4.28. The molecule has 0 saturated carbocycles. The summed E-state index contributed by atoms with van der Waals surface area (Å²) in [5.74, 6) is 0.243. The summed E-state index contributed by atoms with van der Waals surface area (Å²) in [5, 5.41) is 0. The summed E-state index contributed by atoms with van der Waals surface area (Å²) in [6.45, 7) is 1.94. The number of aromatic nitrogens is 1. The van der Waals surface area contributed by atoms with Crippen molar-refractivity contribution in [2.24, 2.45) is 4.99 Å². The molecule has 0 aliphatic carbocycles. The molecular weight excluding hydrogens is 458 g/mol. The first-order valence-corrected chi connectivity index (χ1v) is 13.8. The highest BCUT2D eigenvalue weighted by Gasteiger charge is 2.38. The molecule has 7 nitrogen and oxygen atoms in total. The fourth-order valence-corrected chi connectivity index (χ4v) is 7.80. The number of hydrogen-bond acceptors (Lipinski definition) is 7. The van der Waals surface area contributed by atoms with Crippen LogP contribution in [0.5, 0.6) is 0 Å². The van der Waals surface area contributed by atoms with E-state index < -0.39 is 24.3 Å². The Labute approximate surface area is 194 Å². The van der Waals surface area contributed by atoms with Gasteiger partial charge in [-0.1, -0.05) is 36.4 Å². The van der Waals surface area contributed by atoms with Crippen LogP contribution in [0.3, 0.4) is 0 Å². The Bertz CT molecular complexity index is 1230. The van der Waals surface area contributed by atoms with Crippen molar-refractivity contribution in [1.82, 2.24) is 4.98 Å². The van der Waals surface area contributed by atoms with Gasteiger partial charge >= 0.3 is 0 Å². The first-order valence-electron chi connectivity index (χ1n) is 10.7. The molecule has 1 aromatic heterocycles. The molecule has 1 fully saturated rings. The molecule has 2 heterocycles. The third kappa shape index (κ3) is 5.15. The molecule has 4 rings (SSSR count). The Kier molecular flexibility index (Phi) is 6.90. The average Bonchev–Trinajstić information content (AvgIpc) is 2.86. The second kappa shape index (κ2) is 9.84. The number of nitrogens with zero attached hydrogens (tertiary/aromatic N) is 3. The average molecular weight is 484 g/mol. The first-order chi connectivity index (χ1) is 15.9. The predicted molar refractivity (Wildman–Crippen MR) is 129 cm³/mol. The van der Waals surface area contributed by atoms with Crippen LogP contribution in [0.1, 0.15) is 19.3 Å². The summed E-state index contributed by atoms with van der Waals surface area (Å²) in [5.41, 5.74) is 0.971. The molecule has 0 spiro atoms. The van der Waals surface area contributed by atoms with Gasteiger partial charge in [0.05, 0.1) is 21.7 Å². The van der Waals surface area contributed by atoms with Crippen LogP contribution < -0.4 is 4.90 Å². The maximum Gasteiger partial charge on any atom is 0.206 e. The van der Waals surface area contributed by atoms with E-state index in [-0.39, 0.29) is 15.6 Å². The number of hydrogen-bond donors (Lipinski definition) is 0. The number of sulfone groups is 2. The number of aliphatic imine (C=N–C) groups is 1. The number of pyridine rings is 1. The third-order valence-corrected chi connectivity index (χ3v) is 10.4. The highest BCUT2D eigenvalue weighted by atomic mass is 32.3. The zero-order chi connectivity index (χ0) is 23.3. The lowest BCUT2D eigenvalue weighted by molar-refractivity contribution is 0.577. The SMILES string of the molecule is O=S(=O)(c1ccccc1)C(C=Nc1ccc(N2CCCCC2)cn1)S(=O)(=O)c1ccccc1. The maximum atomic E-state index is 13.3. The molecule has 0 bridgehead atoms. The van der Waals surface area contributed by atoms with E-state index in [4.69, 9.17) is 0 Å². The fourth-order valence-electron chi connectivity index (χ4n) is 3.75. The van der Waals surface area contributed by atoms with Crippen LogP contribution in [0, 0.1) is 0 Å². The van der Waals surface area contributed by atoms with E-state index >= 15 is 0 Å². The lowest BCUT2D eigenvalue weighted by Gasteiger charge is -2.28. The Balaban J connectivity index is 1.69. The van der Waals surface area contributed by atoms with E-state index in [0.29, 0.717) is 0 Å². The molecule has 1 aliphatic rings. The first kappa shape index (κ1) is 23.1. The number of rotatable bonds is 7. The molecule has 0 radical (unpaired) electrons. The topological polar surface area (TPSA) is 96.8 Å². The van der Waals surface area contributed by atoms with Crippen molar-refractivity contribution in [2.75, 3.05) is 18.0 Å². The van der Waals surface area contributed by atoms with Gasteiger partial charge < -0.3 is 4.90 Å². The van der Waals surface area contributed by atoms with Crippen LogP contribution in [-0.4, -0.2) is 45.7 Å². The van der Waals surface area contributed by atoms with Crippen molar-refractivity contribution in [3.05, 3.63) is 79.0 Å². The highest BCUT2D eigenvalue weighted by molar-refractivity contribution is 8.10. The van der Waals surface area contributed by atoms with Gasteiger partial charge in [0, 0.05) is 19.3 Å². The van der Waals surface area contributed by atoms with Gasteiger partial charge in [0.1, 0.15) is 0 Å². The molecule has 0 N–H and O–H groups in total. The predicted octanol–water partition coefficient (Wildman–Crippen LogP) is 4.05. The van der Waals surface area contributed by atoms with E-state index in [1.54, 1.807) is 48.7 Å². The van der Waals surface area contributed by atoms with E-state index in [1.807, 2.05) is 6.07 Å². The van der Waals surface area contributed by atoms with Gasteiger partial charge in [-0.15, -0.1) is 0 Å². The third-order valence-electron chi connectivity index (χ3n) is 5.54. The lowest BCUT2D eigenvalue weighted by Crippen LogP contribution is -2.32. The normalized spacial score (nSPS) is 15.2. The molecule has 0 unspecified atom stereocenters. The molecule has 33 heavy (non-hydrogen) atoms. The quantitative estimate of drug-likeness (QED) is 0.471. The zero-order valence-corrected chi connectivity index (χ0v) is 19.6. The van der Waals surface area contributed by atoms with Crippen LogP contribution in [-0.2, 0) is 19.7 Å². The monoisotopic (exact) mass is 483 g/mol. The van der Waals surface area contributed by atoms with Crippen molar-refractivity contribution in [3.63, 3.8) is 0 Å². The summed E-state index contributed by atoms with van der Waals surface area (Å²) in [6, 6.07) is 18.6. The zero-order valence-electron chi connectivity index (χ0n) is 18.0. The second-order valence-corrected chi connectivity index (χ2v) is 12.2. The van der Waals surface area contributed by atoms with Crippen LogP contribution in [0.15, 0.2) is 93.8 Å². The summed E-state index contributed by atoms with van der Waals surface area (Å²) < 4.78 is 51.5. The van der Waals surface area contributed by atoms with E-state index in [1.165, 1.54) is 30.7 Å². The Hall–Kier alpha value is -3.04. The molecule has 1 saturated heterocycles.